The first-order valence-electron chi connectivity index (χ1n) is 13.4. The van der Waals surface area contributed by atoms with E-state index in [0.717, 1.165) is 44.1 Å². The lowest BCUT2D eigenvalue weighted by atomic mass is 9.76. The lowest BCUT2D eigenvalue weighted by Gasteiger charge is -2.32. The largest absolute Gasteiger partial charge is 0.381 e. The molecule has 1 atom stereocenters. The molecule has 0 bridgehead atoms. The van der Waals surface area contributed by atoms with Crippen LogP contribution in [-0.2, 0) is 19.7 Å². The number of fused-ring (bicyclic) bond motifs is 2. The van der Waals surface area contributed by atoms with Gasteiger partial charge in [0.2, 0.25) is 11.8 Å². The van der Waals surface area contributed by atoms with E-state index in [-0.39, 0.29) is 29.6 Å². The summed E-state index contributed by atoms with van der Waals surface area (Å²) in [6, 6.07) is 0.996. The number of nitrogens with zero attached hydrogens (tertiary/aromatic N) is 2. The predicted molar refractivity (Wildman–Crippen MR) is 134 cm³/mol. The highest BCUT2D eigenvalue weighted by molar-refractivity contribution is 6.07. The molecule has 3 fully saturated rings. The monoisotopic (exact) mass is 507 g/mol. The molecule has 2 aromatic heterocycles. The third-order valence-corrected chi connectivity index (χ3v) is 8.61. The maximum Gasteiger partial charge on any atom is 0.257 e. The van der Waals surface area contributed by atoms with Crippen LogP contribution in [0.5, 0.6) is 0 Å². The van der Waals surface area contributed by atoms with E-state index in [1.54, 1.807) is 12.3 Å². The number of hydrogen-bond acceptors (Lipinski definition) is 7. The maximum absolute atomic E-state index is 13.6. The van der Waals surface area contributed by atoms with Crippen LogP contribution in [0.15, 0.2) is 23.0 Å². The van der Waals surface area contributed by atoms with E-state index in [1.165, 1.54) is 6.26 Å². The van der Waals surface area contributed by atoms with Gasteiger partial charge >= 0.3 is 0 Å². The summed E-state index contributed by atoms with van der Waals surface area (Å²) in [5, 5.41) is 12.9. The molecule has 1 spiro atoms. The number of amides is 3. The van der Waals surface area contributed by atoms with Crippen molar-refractivity contribution in [1.82, 2.24) is 15.5 Å². The fourth-order valence-corrected chi connectivity index (χ4v) is 6.10. The van der Waals surface area contributed by atoms with Crippen molar-refractivity contribution >= 4 is 29.2 Å². The first-order valence-corrected chi connectivity index (χ1v) is 13.4. The number of aromatic nitrogens is 2. The number of ether oxygens (including phenoxy) is 1. The summed E-state index contributed by atoms with van der Waals surface area (Å²) < 4.78 is 10.6. The summed E-state index contributed by atoms with van der Waals surface area (Å²) in [7, 11) is 0. The molecule has 3 amide bonds. The lowest BCUT2D eigenvalue weighted by molar-refractivity contribution is -0.124. The van der Waals surface area contributed by atoms with Crippen LogP contribution < -0.4 is 16.0 Å². The molecule has 4 heterocycles. The first kappa shape index (κ1) is 24.1. The predicted octanol–water partition coefficient (Wildman–Crippen LogP) is 3.51. The van der Waals surface area contributed by atoms with Crippen molar-refractivity contribution in [3.05, 3.63) is 35.3 Å². The zero-order valence-corrected chi connectivity index (χ0v) is 21.0. The molecule has 6 rings (SSSR count). The Morgan fingerprint density at radius 2 is 1.89 bits per heavy atom. The van der Waals surface area contributed by atoms with Gasteiger partial charge in [-0.3, -0.25) is 14.4 Å². The summed E-state index contributed by atoms with van der Waals surface area (Å²) in [5.41, 5.74) is 1.99. The molecule has 2 aliphatic heterocycles. The second-order valence-corrected chi connectivity index (χ2v) is 11.1. The van der Waals surface area contributed by atoms with Crippen molar-refractivity contribution < 1.29 is 23.6 Å². The van der Waals surface area contributed by atoms with Crippen molar-refractivity contribution in [3.63, 3.8) is 0 Å². The molecule has 2 aromatic rings. The van der Waals surface area contributed by atoms with Crippen molar-refractivity contribution in [1.29, 1.82) is 0 Å². The van der Waals surface area contributed by atoms with E-state index >= 15 is 0 Å². The Labute approximate surface area is 215 Å². The minimum atomic E-state index is -0.714. The summed E-state index contributed by atoms with van der Waals surface area (Å²) in [4.78, 5) is 44.2. The van der Waals surface area contributed by atoms with Gasteiger partial charge in [-0.1, -0.05) is 24.9 Å². The Hall–Kier alpha value is -3.27. The molecule has 0 radical (unpaired) electrons. The van der Waals surface area contributed by atoms with Crippen LogP contribution >= 0.6 is 0 Å². The summed E-state index contributed by atoms with van der Waals surface area (Å²) in [6.07, 6.45) is 10.0. The average Bonchev–Trinajstić information content (AvgIpc) is 3.57. The maximum atomic E-state index is 13.6. The minimum absolute atomic E-state index is 0.0176. The molecule has 0 unspecified atom stereocenters. The van der Waals surface area contributed by atoms with Gasteiger partial charge in [0.25, 0.3) is 5.91 Å². The van der Waals surface area contributed by atoms with E-state index < -0.39 is 11.5 Å². The van der Waals surface area contributed by atoms with Gasteiger partial charge in [-0.2, -0.15) is 0 Å². The van der Waals surface area contributed by atoms with Gasteiger partial charge in [0, 0.05) is 37.0 Å². The summed E-state index contributed by atoms with van der Waals surface area (Å²) in [5.74, 6) is 0.538. The van der Waals surface area contributed by atoms with Crippen LogP contribution in [-0.4, -0.2) is 47.1 Å². The quantitative estimate of drug-likeness (QED) is 0.544. The molecule has 10 nitrogen and oxygen atoms in total. The van der Waals surface area contributed by atoms with Gasteiger partial charge < -0.3 is 25.2 Å². The van der Waals surface area contributed by atoms with Crippen LogP contribution in [0.4, 0.5) is 11.5 Å². The van der Waals surface area contributed by atoms with Crippen molar-refractivity contribution in [3.8, 4) is 0 Å². The summed E-state index contributed by atoms with van der Waals surface area (Å²) >= 11 is 0. The second-order valence-electron chi connectivity index (χ2n) is 11.1. The Kier molecular flexibility index (Phi) is 6.22. The molecule has 196 valence electrons. The Morgan fingerprint density at radius 1 is 1.14 bits per heavy atom. The van der Waals surface area contributed by atoms with Crippen molar-refractivity contribution in [2.45, 2.75) is 75.7 Å². The van der Waals surface area contributed by atoms with Gasteiger partial charge in [-0.15, -0.1) is 0 Å². The average molecular weight is 508 g/mol. The van der Waals surface area contributed by atoms with E-state index in [4.69, 9.17) is 9.26 Å². The molecule has 2 saturated carbocycles. The molecule has 1 saturated heterocycles. The topological polar surface area (TPSA) is 135 Å². The van der Waals surface area contributed by atoms with E-state index in [9.17, 15) is 14.4 Å². The Bertz CT molecular complexity index is 1210. The fourth-order valence-electron chi connectivity index (χ4n) is 6.10. The van der Waals surface area contributed by atoms with Gasteiger partial charge in [0.15, 0.2) is 0 Å². The smallest absolute Gasteiger partial charge is 0.257 e. The number of carbonyl (C=O) groups is 3. The third-order valence-electron chi connectivity index (χ3n) is 8.61. The molecule has 10 heteroatoms. The van der Waals surface area contributed by atoms with Crippen molar-refractivity contribution in [2.75, 3.05) is 23.8 Å². The molecular formula is C27H33N5O5. The lowest BCUT2D eigenvalue weighted by Crippen LogP contribution is -2.49. The fraction of sp³-hybridized carbons (Fsp3) is 0.593. The van der Waals surface area contributed by atoms with E-state index in [0.29, 0.717) is 54.7 Å². The standard InChI is InChI=1S/C27H33N5O5/c1-15-2-4-17(5-3-15)23(31-24(33)18-14-37-32-22(18)16-6-7-16)25(34)30-21-12-20-19(13-28-21)27(26(35)29-20)8-10-36-11-9-27/h12-17,23H,2-11H2,1H3,(H,29,35)(H,31,33)(H,28,30,34)/t15-,17-,23-/m0/s1. The number of carbonyl (C=O) groups excluding carboxylic acids is 3. The van der Waals surface area contributed by atoms with Crippen molar-refractivity contribution in [2.24, 2.45) is 11.8 Å². The number of rotatable bonds is 6. The highest BCUT2D eigenvalue weighted by Gasteiger charge is 2.48. The second kappa shape index (κ2) is 9.55. The number of pyridine rings is 1. The van der Waals surface area contributed by atoms with Gasteiger partial charge in [0.1, 0.15) is 23.7 Å². The Morgan fingerprint density at radius 3 is 2.62 bits per heavy atom. The molecule has 4 aliphatic rings. The SMILES string of the molecule is C[C@H]1CC[C@H]([C@H](NC(=O)c2conc2C2CC2)C(=O)Nc2cc3c(cn2)C2(CCOCC2)C(=O)N3)CC1. The highest BCUT2D eigenvalue weighted by Crippen LogP contribution is 2.45. The zero-order valence-electron chi connectivity index (χ0n) is 21.0. The van der Waals surface area contributed by atoms with Gasteiger partial charge in [0.05, 0.1) is 16.8 Å². The normalized spacial score (nSPS) is 25.3. The van der Waals surface area contributed by atoms with Gasteiger partial charge in [-0.25, -0.2) is 4.98 Å². The molecule has 2 aliphatic carbocycles. The van der Waals surface area contributed by atoms with Crippen LogP contribution in [0, 0.1) is 11.8 Å². The number of hydrogen-bond donors (Lipinski definition) is 3. The van der Waals surface area contributed by atoms with Gasteiger partial charge in [-0.05, 0) is 50.4 Å². The number of anilines is 2. The van der Waals surface area contributed by atoms with E-state index in [2.05, 4.69) is 33.0 Å². The minimum Gasteiger partial charge on any atom is -0.381 e. The highest BCUT2D eigenvalue weighted by atomic mass is 16.5. The summed E-state index contributed by atoms with van der Waals surface area (Å²) in [6.45, 7) is 3.28. The van der Waals surface area contributed by atoms with Crippen LogP contribution in [0.1, 0.15) is 85.8 Å². The number of nitrogens with one attached hydrogen (secondary N) is 3. The molecule has 3 N–H and O–H groups in total. The van der Waals surface area contributed by atoms with E-state index in [1.807, 2.05) is 0 Å². The van der Waals surface area contributed by atoms with Crippen LogP contribution in [0.2, 0.25) is 0 Å². The molecular weight excluding hydrogens is 474 g/mol. The zero-order chi connectivity index (χ0) is 25.6. The Balaban J connectivity index is 1.21. The van der Waals surface area contributed by atoms with Crippen LogP contribution in [0.3, 0.4) is 0 Å². The molecule has 37 heavy (non-hydrogen) atoms. The first-order chi connectivity index (χ1) is 17.9. The molecule has 0 aromatic carbocycles. The van der Waals surface area contributed by atoms with Crippen LogP contribution in [0.25, 0.3) is 0 Å². The third kappa shape index (κ3) is 4.52.